The highest BCUT2D eigenvalue weighted by Crippen LogP contribution is 2.29. The van der Waals surface area contributed by atoms with Gasteiger partial charge in [0.1, 0.15) is 17.2 Å². The van der Waals surface area contributed by atoms with Gasteiger partial charge in [0, 0.05) is 16.5 Å². The Morgan fingerprint density at radius 2 is 1.62 bits per heavy atom. The second kappa shape index (κ2) is 8.47. The molecule has 0 aliphatic carbocycles. The maximum absolute atomic E-state index is 13.8. The summed E-state index contributed by atoms with van der Waals surface area (Å²) < 4.78 is 46.9. The van der Waals surface area contributed by atoms with Crippen molar-refractivity contribution in [2.24, 2.45) is 0 Å². The quantitative estimate of drug-likeness (QED) is 0.422. The largest absolute Gasteiger partial charge is 0.459 e. The monoisotopic (exact) mass is 452 g/mol. The van der Waals surface area contributed by atoms with Gasteiger partial charge in [-0.2, -0.15) is 0 Å². The first-order valence-electron chi connectivity index (χ1n) is 9.92. The number of carbonyl (C=O) groups is 1. The van der Waals surface area contributed by atoms with Crippen molar-refractivity contribution in [3.05, 3.63) is 95.5 Å². The molecule has 0 radical (unpaired) electrons. The van der Waals surface area contributed by atoms with Crippen LogP contribution in [-0.2, 0) is 10.0 Å². The molecule has 6 nitrogen and oxygen atoms in total. The molecule has 0 fully saturated rings. The highest BCUT2D eigenvalue weighted by Gasteiger charge is 2.20. The van der Waals surface area contributed by atoms with E-state index in [1.165, 1.54) is 42.5 Å². The number of halogens is 1. The summed E-state index contributed by atoms with van der Waals surface area (Å²) in [5, 5.41) is 3.86. The van der Waals surface area contributed by atoms with Crippen LogP contribution < -0.4 is 10.0 Å². The standard InChI is InChI=1S/C24H21FN2O4S/c1-15-19-7-3-6-10-22(19)31-23(15)16(2)26-24(28)17-11-13-18(14-12-17)32(29,30)27-21-9-5-4-8-20(21)25/h3-14,16,27H,1-2H3,(H,26,28). The van der Waals surface area contributed by atoms with Crippen LogP contribution in [0.3, 0.4) is 0 Å². The van der Waals surface area contributed by atoms with E-state index in [2.05, 4.69) is 10.0 Å². The molecule has 0 saturated carbocycles. The lowest BCUT2D eigenvalue weighted by atomic mass is 10.1. The van der Waals surface area contributed by atoms with E-state index in [4.69, 9.17) is 4.42 Å². The summed E-state index contributed by atoms with van der Waals surface area (Å²) in [6.45, 7) is 3.76. The number of hydrogen-bond donors (Lipinski definition) is 2. The predicted molar refractivity (Wildman–Crippen MR) is 120 cm³/mol. The SMILES string of the molecule is Cc1c(C(C)NC(=O)c2ccc(S(=O)(=O)Nc3ccccc3F)cc2)oc2ccccc12. The molecule has 1 amide bonds. The topological polar surface area (TPSA) is 88.4 Å². The number of benzene rings is 3. The number of anilines is 1. The minimum atomic E-state index is -4.00. The normalized spacial score (nSPS) is 12.5. The van der Waals surface area contributed by atoms with Gasteiger partial charge in [-0.1, -0.05) is 30.3 Å². The van der Waals surface area contributed by atoms with E-state index in [1.807, 2.05) is 38.1 Å². The Balaban J connectivity index is 1.49. The van der Waals surface area contributed by atoms with Crippen LogP contribution in [0.25, 0.3) is 11.0 Å². The fourth-order valence-electron chi connectivity index (χ4n) is 3.48. The van der Waals surface area contributed by atoms with Crippen molar-refractivity contribution in [1.82, 2.24) is 5.32 Å². The summed E-state index contributed by atoms with van der Waals surface area (Å²) in [6.07, 6.45) is 0. The molecule has 2 N–H and O–H groups in total. The predicted octanol–water partition coefficient (Wildman–Crippen LogP) is 5.17. The van der Waals surface area contributed by atoms with Gasteiger partial charge in [0.2, 0.25) is 0 Å². The third kappa shape index (κ3) is 4.22. The Labute approximate surface area is 185 Å². The zero-order chi connectivity index (χ0) is 22.9. The molecule has 0 aliphatic rings. The molecule has 1 heterocycles. The third-order valence-electron chi connectivity index (χ3n) is 5.17. The summed E-state index contributed by atoms with van der Waals surface area (Å²) in [5.41, 5.74) is 1.84. The highest BCUT2D eigenvalue weighted by molar-refractivity contribution is 7.92. The number of furan rings is 1. The Morgan fingerprint density at radius 1 is 0.969 bits per heavy atom. The van der Waals surface area contributed by atoms with Gasteiger partial charge >= 0.3 is 0 Å². The smallest absolute Gasteiger partial charge is 0.261 e. The van der Waals surface area contributed by atoms with Gasteiger partial charge in [0.25, 0.3) is 15.9 Å². The molecular formula is C24H21FN2O4S. The van der Waals surface area contributed by atoms with Crippen molar-refractivity contribution in [3.63, 3.8) is 0 Å². The van der Waals surface area contributed by atoms with Crippen LogP contribution in [0.4, 0.5) is 10.1 Å². The average Bonchev–Trinajstić information content (AvgIpc) is 3.12. The van der Waals surface area contributed by atoms with Gasteiger partial charge in [-0.05, 0) is 56.3 Å². The van der Waals surface area contributed by atoms with Crippen LogP contribution in [0.1, 0.15) is 34.6 Å². The first kappa shape index (κ1) is 21.6. The minimum Gasteiger partial charge on any atom is -0.459 e. The molecule has 4 rings (SSSR count). The fourth-order valence-corrected chi connectivity index (χ4v) is 4.55. The first-order chi connectivity index (χ1) is 15.3. The van der Waals surface area contributed by atoms with Crippen molar-refractivity contribution in [2.75, 3.05) is 4.72 Å². The van der Waals surface area contributed by atoms with Crippen LogP contribution in [-0.4, -0.2) is 14.3 Å². The van der Waals surface area contributed by atoms with E-state index in [0.717, 1.165) is 22.6 Å². The highest BCUT2D eigenvalue weighted by atomic mass is 32.2. The molecule has 8 heteroatoms. The lowest BCUT2D eigenvalue weighted by molar-refractivity contribution is 0.0935. The molecule has 1 atom stereocenters. The molecule has 32 heavy (non-hydrogen) atoms. The molecule has 3 aromatic carbocycles. The molecule has 0 saturated heterocycles. The van der Waals surface area contributed by atoms with E-state index in [0.29, 0.717) is 5.76 Å². The van der Waals surface area contributed by atoms with Gasteiger partial charge in [-0.25, -0.2) is 12.8 Å². The van der Waals surface area contributed by atoms with Gasteiger partial charge < -0.3 is 9.73 Å². The summed E-state index contributed by atoms with van der Waals surface area (Å²) in [5.74, 6) is -0.391. The maximum atomic E-state index is 13.8. The number of amides is 1. The number of fused-ring (bicyclic) bond motifs is 1. The number of sulfonamides is 1. The Hall–Kier alpha value is -3.65. The molecule has 1 unspecified atom stereocenters. The molecular weight excluding hydrogens is 431 g/mol. The number of nitrogens with one attached hydrogen (secondary N) is 2. The van der Waals surface area contributed by atoms with Crippen molar-refractivity contribution in [1.29, 1.82) is 0 Å². The molecule has 0 bridgehead atoms. The molecule has 164 valence electrons. The summed E-state index contributed by atoms with van der Waals surface area (Å²) >= 11 is 0. The van der Waals surface area contributed by atoms with Crippen molar-refractivity contribution >= 4 is 32.6 Å². The number of hydrogen-bond acceptors (Lipinski definition) is 4. The van der Waals surface area contributed by atoms with Crippen molar-refractivity contribution < 1.29 is 22.0 Å². The summed E-state index contributed by atoms with van der Waals surface area (Å²) in [4.78, 5) is 12.6. The van der Waals surface area contributed by atoms with Gasteiger partial charge in [-0.15, -0.1) is 0 Å². The van der Waals surface area contributed by atoms with E-state index in [9.17, 15) is 17.6 Å². The van der Waals surface area contributed by atoms with E-state index >= 15 is 0 Å². The van der Waals surface area contributed by atoms with Gasteiger partial charge in [0.15, 0.2) is 0 Å². The van der Waals surface area contributed by atoms with Crippen molar-refractivity contribution in [2.45, 2.75) is 24.8 Å². The van der Waals surface area contributed by atoms with Gasteiger partial charge in [0.05, 0.1) is 16.6 Å². The summed E-state index contributed by atoms with van der Waals surface area (Å²) in [6, 6.07) is 18.2. The van der Waals surface area contributed by atoms with E-state index in [-0.39, 0.29) is 28.1 Å². The summed E-state index contributed by atoms with van der Waals surface area (Å²) in [7, 11) is -4.00. The second-order valence-corrected chi connectivity index (χ2v) is 9.07. The number of aryl methyl sites for hydroxylation is 1. The molecule has 1 aromatic heterocycles. The zero-order valence-electron chi connectivity index (χ0n) is 17.4. The van der Waals surface area contributed by atoms with Crippen LogP contribution in [0.2, 0.25) is 0 Å². The average molecular weight is 453 g/mol. The maximum Gasteiger partial charge on any atom is 0.261 e. The number of rotatable bonds is 6. The number of carbonyl (C=O) groups excluding carboxylic acids is 1. The second-order valence-electron chi connectivity index (χ2n) is 7.39. The van der Waals surface area contributed by atoms with Crippen LogP contribution in [0.5, 0.6) is 0 Å². The number of para-hydroxylation sites is 2. The fraction of sp³-hybridized carbons (Fsp3) is 0.125. The zero-order valence-corrected chi connectivity index (χ0v) is 18.2. The molecule has 0 spiro atoms. The Kier molecular flexibility index (Phi) is 5.71. The lowest BCUT2D eigenvalue weighted by Gasteiger charge is -2.13. The van der Waals surface area contributed by atoms with Crippen molar-refractivity contribution in [3.8, 4) is 0 Å². The van der Waals surface area contributed by atoms with Crippen LogP contribution in [0, 0.1) is 12.7 Å². The Morgan fingerprint density at radius 3 is 2.31 bits per heavy atom. The van der Waals surface area contributed by atoms with E-state index in [1.54, 1.807) is 0 Å². The van der Waals surface area contributed by atoms with Crippen LogP contribution >= 0.6 is 0 Å². The lowest BCUT2D eigenvalue weighted by Crippen LogP contribution is -2.26. The Bertz CT molecular complexity index is 1400. The van der Waals surface area contributed by atoms with Gasteiger partial charge in [-0.3, -0.25) is 9.52 Å². The first-order valence-corrected chi connectivity index (χ1v) is 11.4. The third-order valence-corrected chi connectivity index (χ3v) is 6.55. The molecule has 4 aromatic rings. The van der Waals surface area contributed by atoms with E-state index < -0.39 is 15.8 Å². The van der Waals surface area contributed by atoms with Crippen LogP contribution in [0.15, 0.2) is 82.1 Å². The minimum absolute atomic E-state index is 0.0847. The molecule has 0 aliphatic heterocycles.